The van der Waals surface area contributed by atoms with Crippen molar-refractivity contribution < 1.29 is 9.53 Å². The molecular weight excluding hydrogens is 368 g/mol. The topological polar surface area (TPSA) is 92.3 Å². The maximum absolute atomic E-state index is 12.2. The van der Waals surface area contributed by atoms with Gasteiger partial charge in [0, 0.05) is 38.1 Å². The molecule has 0 radical (unpaired) electrons. The SMILES string of the molecule is CNC(=O)c1cccnc1N[C@@H]1CC(C)(C)Cc2nc(N3CCOCC3)ncc21. The Morgan fingerprint density at radius 2 is 2.07 bits per heavy atom. The summed E-state index contributed by atoms with van der Waals surface area (Å²) in [6.45, 7) is 7.54. The maximum atomic E-state index is 12.2. The van der Waals surface area contributed by atoms with Crippen LogP contribution in [0.3, 0.4) is 0 Å². The van der Waals surface area contributed by atoms with Crippen LogP contribution in [0.15, 0.2) is 24.5 Å². The number of rotatable bonds is 4. The van der Waals surface area contributed by atoms with Crippen LogP contribution in [0.1, 0.15) is 47.9 Å². The minimum Gasteiger partial charge on any atom is -0.378 e. The van der Waals surface area contributed by atoms with Crippen molar-refractivity contribution in [2.24, 2.45) is 5.41 Å². The number of hydrogen-bond donors (Lipinski definition) is 2. The van der Waals surface area contributed by atoms with Crippen molar-refractivity contribution in [2.75, 3.05) is 43.6 Å². The van der Waals surface area contributed by atoms with E-state index in [0.29, 0.717) is 24.6 Å². The van der Waals surface area contributed by atoms with E-state index >= 15 is 0 Å². The van der Waals surface area contributed by atoms with E-state index < -0.39 is 0 Å². The van der Waals surface area contributed by atoms with Crippen LogP contribution in [-0.4, -0.2) is 54.2 Å². The van der Waals surface area contributed by atoms with Crippen molar-refractivity contribution in [2.45, 2.75) is 32.7 Å². The number of nitrogens with zero attached hydrogens (tertiary/aromatic N) is 4. The summed E-state index contributed by atoms with van der Waals surface area (Å²) in [6.07, 6.45) is 5.43. The Labute approximate surface area is 171 Å². The molecule has 0 unspecified atom stereocenters. The van der Waals surface area contributed by atoms with Crippen LogP contribution in [0.5, 0.6) is 0 Å². The largest absolute Gasteiger partial charge is 0.378 e. The highest BCUT2D eigenvalue weighted by Crippen LogP contribution is 2.41. The number of morpholine rings is 1. The fourth-order valence-electron chi connectivity index (χ4n) is 4.08. The zero-order valence-electron chi connectivity index (χ0n) is 17.2. The Kier molecular flexibility index (Phi) is 5.36. The predicted molar refractivity (Wildman–Crippen MR) is 111 cm³/mol. The van der Waals surface area contributed by atoms with Gasteiger partial charge in [0.15, 0.2) is 0 Å². The molecule has 2 aromatic heterocycles. The lowest BCUT2D eigenvalue weighted by atomic mass is 9.74. The highest BCUT2D eigenvalue weighted by atomic mass is 16.5. The summed E-state index contributed by atoms with van der Waals surface area (Å²) in [5.74, 6) is 1.19. The monoisotopic (exact) mass is 396 g/mol. The molecule has 1 amide bonds. The first kappa shape index (κ1) is 19.6. The number of carbonyl (C=O) groups excluding carboxylic acids is 1. The van der Waals surface area contributed by atoms with Gasteiger partial charge in [-0.15, -0.1) is 0 Å². The Morgan fingerprint density at radius 3 is 2.83 bits per heavy atom. The molecule has 2 N–H and O–H groups in total. The second-order valence-electron chi connectivity index (χ2n) is 8.39. The number of carbonyl (C=O) groups is 1. The van der Waals surface area contributed by atoms with Crippen molar-refractivity contribution in [3.05, 3.63) is 41.3 Å². The lowest BCUT2D eigenvalue weighted by Crippen LogP contribution is -2.38. The molecule has 154 valence electrons. The van der Waals surface area contributed by atoms with E-state index in [2.05, 4.69) is 39.3 Å². The molecule has 0 saturated carbocycles. The number of fused-ring (bicyclic) bond motifs is 1. The van der Waals surface area contributed by atoms with E-state index in [1.807, 2.05) is 6.20 Å². The number of nitrogens with one attached hydrogen (secondary N) is 2. The molecular formula is C21H28N6O2. The van der Waals surface area contributed by atoms with Crippen LogP contribution in [0.4, 0.5) is 11.8 Å². The minimum absolute atomic E-state index is 0.00852. The Morgan fingerprint density at radius 1 is 1.28 bits per heavy atom. The van der Waals surface area contributed by atoms with Crippen LogP contribution in [0, 0.1) is 5.41 Å². The third-order valence-corrected chi connectivity index (χ3v) is 5.55. The second-order valence-corrected chi connectivity index (χ2v) is 8.39. The first-order chi connectivity index (χ1) is 14.0. The summed E-state index contributed by atoms with van der Waals surface area (Å²) >= 11 is 0. The summed E-state index contributed by atoms with van der Waals surface area (Å²) < 4.78 is 5.44. The predicted octanol–water partition coefficient (Wildman–Crippen LogP) is 2.19. The molecule has 29 heavy (non-hydrogen) atoms. The normalized spacial score (nSPS) is 20.7. The van der Waals surface area contributed by atoms with Gasteiger partial charge in [-0.05, 0) is 30.4 Å². The van der Waals surface area contributed by atoms with Crippen LogP contribution < -0.4 is 15.5 Å². The van der Waals surface area contributed by atoms with E-state index in [1.165, 1.54) is 0 Å². The molecule has 8 nitrogen and oxygen atoms in total. The molecule has 1 fully saturated rings. The van der Waals surface area contributed by atoms with Crippen molar-refractivity contribution in [1.29, 1.82) is 0 Å². The summed E-state index contributed by atoms with van der Waals surface area (Å²) in [5.41, 5.74) is 2.75. The standard InChI is InChI=1S/C21H28N6O2/c1-21(2)11-16(25-18-14(19(28)22-3)5-4-6-23-18)15-13-24-20(26-17(15)12-21)27-7-9-29-10-8-27/h4-6,13,16H,7-12H2,1-3H3,(H,22,28)(H,23,25)/t16-/m1/s1. The molecule has 3 heterocycles. The van der Waals surface area contributed by atoms with E-state index in [0.717, 1.165) is 43.1 Å². The summed E-state index contributed by atoms with van der Waals surface area (Å²) in [7, 11) is 1.62. The quantitative estimate of drug-likeness (QED) is 0.818. The summed E-state index contributed by atoms with van der Waals surface area (Å²) in [5, 5.41) is 6.17. The van der Waals surface area contributed by atoms with Crippen molar-refractivity contribution in [3.63, 3.8) is 0 Å². The van der Waals surface area contributed by atoms with Crippen LogP contribution in [-0.2, 0) is 11.2 Å². The van der Waals surface area contributed by atoms with Crippen LogP contribution >= 0.6 is 0 Å². The number of amides is 1. The van der Waals surface area contributed by atoms with E-state index in [1.54, 1.807) is 25.4 Å². The molecule has 1 atom stereocenters. The molecule has 4 rings (SSSR count). The molecule has 0 bridgehead atoms. The Hall–Kier alpha value is -2.74. The van der Waals surface area contributed by atoms with E-state index in [4.69, 9.17) is 9.72 Å². The number of pyridine rings is 1. The summed E-state index contributed by atoms with van der Waals surface area (Å²) in [6, 6.07) is 3.54. The Bertz CT molecular complexity index is 894. The van der Waals surface area contributed by atoms with Gasteiger partial charge in [0.1, 0.15) is 5.82 Å². The third kappa shape index (κ3) is 4.17. The first-order valence-corrected chi connectivity index (χ1v) is 10.1. The molecule has 0 aromatic carbocycles. The van der Waals surface area contributed by atoms with Gasteiger partial charge in [0.25, 0.3) is 5.91 Å². The van der Waals surface area contributed by atoms with E-state index in [9.17, 15) is 4.79 Å². The van der Waals surface area contributed by atoms with Gasteiger partial charge >= 0.3 is 0 Å². The summed E-state index contributed by atoms with van der Waals surface area (Å²) in [4.78, 5) is 28.4. The fraction of sp³-hybridized carbons (Fsp3) is 0.524. The third-order valence-electron chi connectivity index (χ3n) is 5.55. The van der Waals surface area contributed by atoms with Crippen LogP contribution in [0.2, 0.25) is 0 Å². The van der Waals surface area contributed by atoms with Crippen molar-refractivity contribution in [3.8, 4) is 0 Å². The van der Waals surface area contributed by atoms with Gasteiger partial charge in [0.05, 0.1) is 30.5 Å². The van der Waals surface area contributed by atoms with Gasteiger partial charge in [-0.3, -0.25) is 4.79 Å². The molecule has 0 spiro atoms. The molecule has 1 saturated heterocycles. The lowest BCUT2D eigenvalue weighted by Gasteiger charge is -2.37. The number of anilines is 2. The lowest BCUT2D eigenvalue weighted by molar-refractivity contribution is 0.0963. The van der Waals surface area contributed by atoms with Gasteiger partial charge in [-0.1, -0.05) is 13.8 Å². The second kappa shape index (κ2) is 7.94. The van der Waals surface area contributed by atoms with Crippen LogP contribution in [0.25, 0.3) is 0 Å². The maximum Gasteiger partial charge on any atom is 0.254 e. The molecule has 1 aliphatic carbocycles. The van der Waals surface area contributed by atoms with Gasteiger partial charge in [0.2, 0.25) is 5.95 Å². The number of ether oxygens (including phenoxy) is 1. The number of hydrogen-bond acceptors (Lipinski definition) is 7. The molecule has 2 aromatic rings. The fourth-order valence-corrected chi connectivity index (χ4v) is 4.08. The van der Waals surface area contributed by atoms with Crippen molar-refractivity contribution >= 4 is 17.7 Å². The highest BCUT2D eigenvalue weighted by molar-refractivity contribution is 5.98. The minimum atomic E-state index is -0.158. The zero-order chi connectivity index (χ0) is 20.4. The molecule has 1 aliphatic heterocycles. The molecule has 8 heteroatoms. The average Bonchev–Trinajstić information content (AvgIpc) is 2.73. The first-order valence-electron chi connectivity index (χ1n) is 10.1. The van der Waals surface area contributed by atoms with Crippen molar-refractivity contribution in [1.82, 2.24) is 20.3 Å². The average molecular weight is 396 g/mol. The van der Waals surface area contributed by atoms with Gasteiger partial charge in [-0.25, -0.2) is 15.0 Å². The van der Waals surface area contributed by atoms with Gasteiger partial charge in [-0.2, -0.15) is 0 Å². The number of aromatic nitrogens is 3. The van der Waals surface area contributed by atoms with E-state index in [-0.39, 0.29) is 17.4 Å². The zero-order valence-corrected chi connectivity index (χ0v) is 17.2. The molecule has 2 aliphatic rings. The van der Waals surface area contributed by atoms with Gasteiger partial charge < -0.3 is 20.3 Å². The highest BCUT2D eigenvalue weighted by Gasteiger charge is 2.35. The smallest absolute Gasteiger partial charge is 0.254 e. The Balaban J connectivity index is 1.65.